The molecular weight excluding hydrogens is 393 g/mol. The van der Waals surface area contributed by atoms with Crippen LogP contribution < -0.4 is 0 Å². The minimum atomic E-state index is -0.499. The van der Waals surface area contributed by atoms with Gasteiger partial charge in [0, 0.05) is 49.0 Å². The van der Waals surface area contributed by atoms with Crippen molar-refractivity contribution in [2.75, 3.05) is 38.6 Å². The molecule has 0 aliphatic carbocycles. The third-order valence-electron chi connectivity index (χ3n) is 4.63. The van der Waals surface area contributed by atoms with Gasteiger partial charge in [0.15, 0.2) is 11.0 Å². The average molecular weight is 415 g/mol. The zero-order chi connectivity index (χ0) is 20.1. The van der Waals surface area contributed by atoms with E-state index in [4.69, 9.17) is 4.74 Å². The van der Waals surface area contributed by atoms with E-state index in [0.717, 1.165) is 24.3 Å². The Morgan fingerprint density at radius 3 is 2.52 bits per heavy atom. The molecule has 152 valence electrons. The number of nitrogens with zero attached hydrogens (tertiary/aromatic N) is 5. The lowest BCUT2D eigenvalue weighted by Crippen LogP contribution is -2.41. The summed E-state index contributed by atoms with van der Waals surface area (Å²) in [6, 6.07) is 9.91. The van der Waals surface area contributed by atoms with Crippen molar-refractivity contribution in [1.29, 1.82) is 0 Å². The molecule has 1 fully saturated rings. The Morgan fingerprint density at radius 2 is 1.79 bits per heavy atom. The van der Waals surface area contributed by atoms with Crippen LogP contribution >= 0.6 is 11.8 Å². The van der Waals surface area contributed by atoms with Crippen LogP contribution in [0.5, 0.6) is 0 Å². The molecule has 0 radical (unpaired) electrons. The van der Waals surface area contributed by atoms with Gasteiger partial charge < -0.3 is 9.84 Å². The molecule has 29 heavy (non-hydrogen) atoms. The predicted molar refractivity (Wildman–Crippen MR) is 109 cm³/mol. The van der Waals surface area contributed by atoms with Crippen molar-refractivity contribution < 1.29 is 14.2 Å². The van der Waals surface area contributed by atoms with Crippen molar-refractivity contribution in [2.45, 2.75) is 11.3 Å². The molecule has 0 amide bonds. The number of thioether (sulfide) groups is 1. The van der Waals surface area contributed by atoms with Crippen LogP contribution in [0, 0.1) is 5.82 Å². The number of morpholine rings is 1. The maximum Gasteiger partial charge on any atom is 0.196 e. The van der Waals surface area contributed by atoms with Gasteiger partial charge in [0.1, 0.15) is 5.82 Å². The highest BCUT2D eigenvalue weighted by molar-refractivity contribution is 7.99. The standard InChI is InChI=1S/C20H22FN5O2S/c21-16-1-3-17(4-2-16)26-19(15-5-7-22-8-6-15)23-24-20(26)29-14-18(27)13-25-9-11-28-12-10-25/h1-8,18,27H,9-14H2. The Morgan fingerprint density at radius 1 is 1.07 bits per heavy atom. The van der Waals surface area contributed by atoms with Crippen LogP contribution in [0.3, 0.4) is 0 Å². The molecule has 0 spiro atoms. The first-order valence-corrected chi connectivity index (χ1v) is 10.4. The molecule has 7 nitrogen and oxygen atoms in total. The highest BCUT2D eigenvalue weighted by Gasteiger charge is 2.19. The van der Waals surface area contributed by atoms with E-state index in [1.54, 1.807) is 24.5 Å². The third kappa shape index (κ3) is 4.99. The van der Waals surface area contributed by atoms with E-state index < -0.39 is 6.10 Å². The summed E-state index contributed by atoms with van der Waals surface area (Å²) in [5.74, 6) is 0.819. The summed E-state index contributed by atoms with van der Waals surface area (Å²) in [5.41, 5.74) is 1.62. The largest absolute Gasteiger partial charge is 0.391 e. The van der Waals surface area contributed by atoms with Gasteiger partial charge in [-0.3, -0.25) is 14.5 Å². The van der Waals surface area contributed by atoms with E-state index in [1.165, 1.54) is 23.9 Å². The van der Waals surface area contributed by atoms with Crippen molar-refractivity contribution in [3.05, 3.63) is 54.6 Å². The van der Waals surface area contributed by atoms with E-state index in [-0.39, 0.29) is 5.82 Å². The topological polar surface area (TPSA) is 76.3 Å². The number of rotatable bonds is 7. The number of aliphatic hydroxyl groups excluding tert-OH is 1. The molecule has 1 aromatic carbocycles. The summed E-state index contributed by atoms with van der Waals surface area (Å²) in [7, 11) is 0. The van der Waals surface area contributed by atoms with Gasteiger partial charge in [-0.15, -0.1) is 10.2 Å². The second-order valence-corrected chi connectivity index (χ2v) is 7.72. The number of ether oxygens (including phenoxy) is 1. The summed E-state index contributed by atoms with van der Waals surface area (Å²) in [4.78, 5) is 6.24. The predicted octanol–water partition coefficient (Wildman–Crippen LogP) is 2.25. The van der Waals surface area contributed by atoms with Crippen molar-refractivity contribution >= 4 is 11.8 Å². The van der Waals surface area contributed by atoms with Crippen molar-refractivity contribution in [1.82, 2.24) is 24.6 Å². The minimum absolute atomic E-state index is 0.303. The van der Waals surface area contributed by atoms with Gasteiger partial charge in [-0.1, -0.05) is 11.8 Å². The van der Waals surface area contributed by atoms with Crippen LogP contribution in [0.4, 0.5) is 4.39 Å². The molecule has 1 atom stereocenters. The number of pyridine rings is 1. The van der Waals surface area contributed by atoms with E-state index in [1.807, 2.05) is 16.7 Å². The zero-order valence-corrected chi connectivity index (χ0v) is 16.6. The normalized spacial score (nSPS) is 16.1. The molecule has 3 heterocycles. The molecule has 1 aliphatic rings. The number of hydrogen-bond donors (Lipinski definition) is 1. The second kappa shape index (κ2) is 9.45. The van der Waals surface area contributed by atoms with Gasteiger partial charge in [-0.2, -0.15) is 0 Å². The lowest BCUT2D eigenvalue weighted by atomic mass is 10.2. The summed E-state index contributed by atoms with van der Waals surface area (Å²) in [6.45, 7) is 3.67. The number of aromatic nitrogens is 4. The van der Waals surface area contributed by atoms with E-state index in [0.29, 0.717) is 36.5 Å². The van der Waals surface area contributed by atoms with Crippen molar-refractivity contribution in [3.8, 4) is 17.1 Å². The SMILES string of the molecule is OC(CSc1nnc(-c2ccncc2)n1-c1ccc(F)cc1)CN1CCOCC1. The molecule has 2 aromatic heterocycles. The Balaban J connectivity index is 1.54. The van der Waals surface area contributed by atoms with Crippen LogP contribution in [-0.2, 0) is 4.74 Å². The summed E-state index contributed by atoms with van der Waals surface area (Å²) in [6.07, 6.45) is 2.89. The van der Waals surface area contributed by atoms with E-state index in [9.17, 15) is 9.50 Å². The number of β-amino-alcohol motifs (C(OH)–C–C–N with tert-alkyl or cyclic N) is 1. The molecule has 9 heteroatoms. The van der Waals surface area contributed by atoms with Gasteiger partial charge in [0.25, 0.3) is 0 Å². The number of halogens is 1. The fourth-order valence-electron chi connectivity index (χ4n) is 3.18. The molecule has 1 aliphatic heterocycles. The Labute approximate surface area is 172 Å². The lowest BCUT2D eigenvalue weighted by molar-refractivity contribution is 0.0188. The fraction of sp³-hybridized carbons (Fsp3) is 0.350. The van der Waals surface area contributed by atoms with Gasteiger partial charge in [0.2, 0.25) is 0 Å². The van der Waals surface area contributed by atoms with Crippen LogP contribution in [0.15, 0.2) is 53.9 Å². The van der Waals surface area contributed by atoms with Gasteiger partial charge >= 0.3 is 0 Å². The van der Waals surface area contributed by atoms with Gasteiger partial charge in [-0.25, -0.2) is 4.39 Å². The quantitative estimate of drug-likeness (QED) is 0.593. The molecule has 1 saturated heterocycles. The first-order chi connectivity index (χ1) is 14.2. The third-order valence-corrected chi connectivity index (χ3v) is 5.71. The maximum absolute atomic E-state index is 13.4. The maximum atomic E-state index is 13.4. The molecule has 1 N–H and O–H groups in total. The van der Waals surface area contributed by atoms with Crippen molar-refractivity contribution in [2.24, 2.45) is 0 Å². The zero-order valence-electron chi connectivity index (χ0n) is 15.8. The first-order valence-electron chi connectivity index (χ1n) is 9.43. The van der Waals surface area contributed by atoms with Crippen LogP contribution in [0.1, 0.15) is 0 Å². The molecular formula is C20H22FN5O2S. The monoisotopic (exact) mass is 415 g/mol. The lowest BCUT2D eigenvalue weighted by Gasteiger charge is -2.28. The summed E-state index contributed by atoms with van der Waals surface area (Å²) >= 11 is 1.43. The Hall–Kier alpha value is -2.33. The molecule has 0 saturated carbocycles. The van der Waals surface area contributed by atoms with Crippen LogP contribution in [0.25, 0.3) is 17.1 Å². The van der Waals surface area contributed by atoms with Crippen LogP contribution in [0.2, 0.25) is 0 Å². The van der Waals surface area contributed by atoms with Gasteiger partial charge in [-0.05, 0) is 36.4 Å². The highest BCUT2D eigenvalue weighted by Crippen LogP contribution is 2.28. The van der Waals surface area contributed by atoms with E-state index >= 15 is 0 Å². The minimum Gasteiger partial charge on any atom is -0.391 e. The molecule has 4 rings (SSSR count). The average Bonchev–Trinajstić information content (AvgIpc) is 3.18. The smallest absolute Gasteiger partial charge is 0.196 e. The number of aliphatic hydroxyl groups is 1. The van der Waals surface area contributed by atoms with Gasteiger partial charge in [0.05, 0.1) is 19.3 Å². The molecule has 3 aromatic rings. The second-order valence-electron chi connectivity index (χ2n) is 6.73. The summed E-state index contributed by atoms with van der Waals surface area (Å²) in [5, 5.41) is 19.8. The van der Waals surface area contributed by atoms with Crippen LogP contribution in [-0.4, -0.2) is 74.5 Å². The molecule has 0 bridgehead atoms. The van der Waals surface area contributed by atoms with E-state index in [2.05, 4.69) is 20.1 Å². The number of benzene rings is 1. The number of hydrogen-bond acceptors (Lipinski definition) is 7. The van der Waals surface area contributed by atoms with Crippen molar-refractivity contribution in [3.63, 3.8) is 0 Å². The Bertz CT molecular complexity index is 916. The first kappa shape index (κ1) is 20.0. The highest BCUT2D eigenvalue weighted by atomic mass is 32.2. The molecule has 1 unspecified atom stereocenters. The Kier molecular flexibility index (Phi) is 6.50. The fourth-order valence-corrected chi connectivity index (χ4v) is 4.05. The summed E-state index contributed by atoms with van der Waals surface area (Å²) < 4.78 is 20.7.